The normalized spacial score (nSPS) is 17.9. The van der Waals surface area contributed by atoms with Crippen molar-refractivity contribution in [2.24, 2.45) is 11.8 Å². The average Bonchev–Trinajstić information content (AvgIpc) is 3.04. The molecule has 0 aliphatic carbocycles. The van der Waals surface area contributed by atoms with Gasteiger partial charge in [0.2, 0.25) is 11.8 Å². The lowest BCUT2D eigenvalue weighted by molar-refractivity contribution is -0.137. The topological polar surface area (TPSA) is 75.4 Å². The Morgan fingerprint density at radius 1 is 1.27 bits per heavy atom. The average molecular weight is 357 g/mol. The van der Waals surface area contributed by atoms with Crippen molar-refractivity contribution in [1.29, 1.82) is 0 Å². The lowest BCUT2D eigenvalue weighted by atomic mass is 9.96. The van der Waals surface area contributed by atoms with Gasteiger partial charge in [-0.05, 0) is 31.0 Å². The summed E-state index contributed by atoms with van der Waals surface area (Å²) in [5.41, 5.74) is 2.17. The third-order valence-corrected chi connectivity index (χ3v) is 4.76. The van der Waals surface area contributed by atoms with E-state index in [2.05, 4.69) is 10.3 Å². The fraction of sp³-hybridized carbons (Fsp3) is 0.550. The highest BCUT2D eigenvalue weighted by molar-refractivity contribution is 5.94. The Morgan fingerprint density at radius 3 is 2.73 bits per heavy atom. The molecule has 1 N–H and O–H groups in total. The fourth-order valence-electron chi connectivity index (χ4n) is 3.27. The first-order valence-electron chi connectivity index (χ1n) is 9.35. The Bertz CT molecular complexity index is 810. The number of fused-ring (bicyclic) bond motifs is 1. The highest BCUT2D eigenvalue weighted by Crippen LogP contribution is 2.25. The predicted molar refractivity (Wildman–Crippen MR) is 101 cm³/mol. The number of nitrogens with zero attached hydrogens (tertiary/aromatic N) is 2. The highest BCUT2D eigenvalue weighted by Gasteiger charge is 2.29. The monoisotopic (exact) mass is 357 g/mol. The van der Waals surface area contributed by atoms with E-state index < -0.39 is 0 Å². The maximum atomic E-state index is 12.7. The maximum Gasteiger partial charge on any atom is 0.229 e. The van der Waals surface area contributed by atoms with Gasteiger partial charge >= 0.3 is 0 Å². The zero-order valence-electron chi connectivity index (χ0n) is 15.9. The van der Waals surface area contributed by atoms with Gasteiger partial charge in [0.05, 0.1) is 5.92 Å². The van der Waals surface area contributed by atoms with Gasteiger partial charge in [0, 0.05) is 30.6 Å². The van der Waals surface area contributed by atoms with Crippen molar-refractivity contribution in [2.45, 2.75) is 46.5 Å². The molecule has 0 saturated carbocycles. The van der Waals surface area contributed by atoms with Gasteiger partial charge in [0.15, 0.2) is 11.5 Å². The Hall–Kier alpha value is -2.37. The van der Waals surface area contributed by atoms with Crippen LogP contribution < -0.4 is 5.32 Å². The van der Waals surface area contributed by atoms with Gasteiger partial charge in [-0.1, -0.05) is 27.7 Å². The van der Waals surface area contributed by atoms with E-state index in [1.54, 1.807) is 0 Å². The van der Waals surface area contributed by atoms with Crippen LogP contribution in [0.2, 0.25) is 0 Å². The minimum atomic E-state index is -0.175. The molecule has 1 fully saturated rings. The Balaban J connectivity index is 1.69. The van der Waals surface area contributed by atoms with Crippen molar-refractivity contribution in [3.05, 3.63) is 24.1 Å². The minimum Gasteiger partial charge on any atom is -0.440 e. The van der Waals surface area contributed by atoms with Crippen LogP contribution in [-0.4, -0.2) is 34.8 Å². The first kappa shape index (κ1) is 18.4. The summed E-state index contributed by atoms with van der Waals surface area (Å²) in [6.45, 7) is 9.08. The summed E-state index contributed by atoms with van der Waals surface area (Å²) in [5, 5.41) is 2.97. The third-order valence-electron chi connectivity index (χ3n) is 4.76. The van der Waals surface area contributed by atoms with E-state index in [9.17, 15) is 9.59 Å². The molecule has 1 aliphatic rings. The van der Waals surface area contributed by atoms with E-state index in [1.807, 2.05) is 50.8 Å². The first-order valence-corrected chi connectivity index (χ1v) is 9.35. The number of hydrogen-bond acceptors (Lipinski definition) is 4. The van der Waals surface area contributed by atoms with Crippen LogP contribution in [0, 0.1) is 11.8 Å². The quantitative estimate of drug-likeness (QED) is 0.903. The molecule has 6 nitrogen and oxygen atoms in total. The molecule has 2 amide bonds. The molecule has 1 aromatic heterocycles. The van der Waals surface area contributed by atoms with E-state index in [4.69, 9.17) is 4.42 Å². The van der Waals surface area contributed by atoms with Gasteiger partial charge in [0.25, 0.3) is 0 Å². The van der Waals surface area contributed by atoms with Crippen molar-refractivity contribution in [2.75, 3.05) is 18.4 Å². The van der Waals surface area contributed by atoms with Gasteiger partial charge in [-0.2, -0.15) is 0 Å². The van der Waals surface area contributed by atoms with Gasteiger partial charge in [-0.15, -0.1) is 0 Å². The largest absolute Gasteiger partial charge is 0.440 e. The summed E-state index contributed by atoms with van der Waals surface area (Å²) in [6.07, 6.45) is 1.66. The van der Waals surface area contributed by atoms with Crippen molar-refractivity contribution in [3.63, 3.8) is 0 Å². The van der Waals surface area contributed by atoms with Crippen LogP contribution in [0.15, 0.2) is 22.6 Å². The Morgan fingerprint density at radius 2 is 2.04 bits per heavy atom. The van der Waals surface area contributed by atoms with Crippen LogP contribution in [0.25, 0.3) is 11.1 Å². The molecule has 1 aliphatic heterocycles. The van der Waals surface area contributed by atoms with E-state index in [0.29, 0.717) is 18.1 Å². The van der Waals surface area contributed by atoms with E-state index >= 15 is 0 Å². The molecular formula is C20H27N3O3. The van der Waals surface area contributed by atoms with Crippen LogP contribution >= 0.6 is 0 Å². The van der Waals surface area contributed by atoms with Crippen LogP contribution in [0.3, 0.4) is 0 Å². The Kier molecular flexibility index (Phi) is 5.30. The molecule has 0 radical (unpaired) electrons. The lowest BCUT2D eigenvalue weighted by Crippen LogP contribution is -2.45. The number of piperidine rings is 1. The number of anilines is 1. The third kappa shape index (κ3) is 3.89. The number of hydrogen-bond donors (Lipinski definition) is 1. The zero-order chi connectivity index (χ0) is 18.8. The molecule has 2 heterocycles. The summed E-state index contributed by atoms with van der Waals surface area (Å²) in [6, 6.07) is 5.50. The van der Waals surface area contributed by atoms with Gasteiger partial charge in [-0.25, -0.2) is 4.98 Å². The molecule has 1 atom stereocenters. The molecule has 140 valence electrons. The summed E-state index contributed by atoms with van der Waals surface area (Å²) in [4.78, 5) is 31.2. The first-order chi connectivity index (χ1) is 12.3. The van der Waals surface area contributed by atoms with Gasteiger partial charge in [0.1, 0.15) is 5.52 Å². The van der Waals surface area contributed by atoms with Crippen LogP contribution in [0.1, 0.15) is 52.3 Å². The number of benzene rings is 1. The van der Waals surface area contributed by atoms with Crippen LogP contribution in [0.4, 0.5) is 5.69 Å². The molecule has 26 heavy (non-hydrogen) atoms. The summed E-state index contributed by atoms with van der Waals surface area (Å²) in [7, 11) is 0. The van der Waals surface area contributed by atoms with Crippen LogP contribution in [0.5, 0.6) is 0 Å². The number of nitrogens with one attached hydrogen (secondary N) is 1. The second kappa shape index (κ2) is 7.48. The number of aromatic nitrogens is 1. The molecular weight excluding hydrogens is 330 g/mol. The number of rotatable bonds is 4. The smallest absolute Gasteiger partial charge is 0.229 e. The predicted octanol–water partition coefficient (Wildman–Crippen LogP) is 3.78. The number of amides is 2. The lowest BCUT2D eigenvalue weighted by Gasteiger charge is -2.33. The van der Waals surface area contributed by atoms with Crippen molar-refractivity contribution >= 4 is 28.6 Å². The number of oxazole rings is 1. The second-order valence-corrected chi connectivity index (χ2v) is 7.66. The second-order valence-electron chi connectivity index (χ2n) is 7.66. The number of carbonyl (C=O) groups excluding carboxylic acids is 2. The molecule has 0 spiro atoms. The minimum absolute atomic E-state index is 0.0402. The number of likely N-dealkylation sites (tertiary alicyclic amines) is 1. The summed E-state index contributed by atoms with van der Waals surface area (Å²) in [5.74, 6) is 0.767. The molecule has 3 rings (SSSR count). The Labute approximate surface area is 153 Å². The maximum absolute atomic E-state index is 12.7. The molecule has 2 aromatic rings. The molecule has 6 heteroatoms. The van der Waals surface area contributed by atoms with Crippen molar-refractivity contribution in [3.8, 4) is 0 Å². The molecule has 0 unspecified atom stereocenters. The summed E-state index contributed by atoms with van der Waals surface area (Å²) < 4.78 is 5.70. The van der Waals surface area contributed by atoms with Gasteiger partial charge in [-0.3, -0.25) is 9.59 Å². The summed E-state index contributed by atoms with van der Waals surface area (Å²) >= 11 is 0. The van der Waals surface area contributed by atoms with Crippen molar-refractivity contribution in [1.82, 2.24) is 9.88 Å². The highest BCUT2D eigenvalue weighted by atomic mass is 16.3. The van der Waals surface area contributed by atoms with E-state index in [0.717, 1.165) is 30.5 Å². The standard InChI is InChI=1S/C20H27N3O3/c1-12(2)19-22-16-10-15(7-8-17(16)26-19)21-18(24)14-6-5-9-23(11-14)20(25)13(3)4/h7-8,10,12-14H,5-6,9,11H2,1-4H3,(H,21,24)/t14-/m0/s1. The van der Waals surface area contributed by atoms with Gasteiger partial charge < -0.3 is 14.6 Å². The molecule has 0 bridgehead atoms. The molecule has 1 aromatic carbocycles. The fourth-order valence-corrected chi connectivity index (χ4v) is 3.27. The molecule has 1 saturated heterocycles. The number of carbonyl (C=O) groups is 2. The SMILES string of the molecule is CC(C)C(=O)N1CCC[C@H](C(=O)Nc2ccc3oc(C(C)C)nc3c2)C1. The van der Waals surface area contributed by atoms with E-state index in [1.165, 1.54) is 0 Å². The van der Waals surface area contributed by atoms with E-state index in [-0.39, 0.29) is 29.6 Å². The zero-order valence-corrected chi connectivity index (χ0v) is 15.9. The van der Waals surface area contributed by atoms with Crippen LogP contribution in [-0.2, 0) is 9.59 Å². The van der Waals surface area contributed by atoms with Crippen molar-refractivity contribution < 1.29 is 14.0 Å².